The van der Waals surface area contributed by atoms with Crippen molar-refractivity contribution in [2.45, 2.75) is 13.2 Å². The predicted molar refractivity (Wildman–Crippen MR) is 128 cm³/mol. The van der Waals surface area contributed by atoms with E-state index >= 15 is 0 Å². The SMILES string of the molecule is COc1cccc(/C=N\NC(=O)C(=O)NCc2ccc(Cl)cc2)c1OCc1ccccc1Cl. The van der Waals surface area contributed by atoms with Crippen LogP contribution in [0.15, 0.2) is 71.8 Å². The molecule has 0 heterocycles. The first-order valence-electron chi connectivity index (χ1n) is 9.87. The highest BCUT2D eigenvalue weighted by molar-refractivity contribution is 6.35. The van der Waals surface area contributed by atoms with Crippen molar-refractivity contribution in [2.75, 3.05) is 7.11 Å². The van der Waals surface area contributed by atoms with E-state index in [2.05, 4.69) is 15.8 Å². The van der Waals surface area contributed by atoms with Crippen molar-refractivity contribution in [3.63, 3.8) is 0 Å². The molecule has 0 aliphatic carbocycles. The van der Waals surface area contributed by atoms with E-state index in [0.717, 1.165) is 11.1 Å². The summed E-state index contributed by atoms with van der Waals surface area (Å²) in [6.45, 7) is 0.392. The molecule has 0 bridgehead atoms. The van der Waals surface area contributed by atoms with Gasteiger partial charge in [-0.1, -0.05) is 59.6 Å². The molecular formula is C24H21Cl2N3O4. The van der Waals surface area contributed by atoms with Crippen LogP contribution in [0.5, 0.6) is 11.5 Å². The molecule has 0 saturated heterocycles. The molecule has 0 saturated carbocycles. The Bertz CT molecular complexity index is 1150. The highest BCUT2D eigenvalue weighted by Gasteiger charge is 2.13. The Morgan fingerprint density at radius 1 is 0.970 bits per heavy atom. The maximum Gasteiger partial charge on any atom is 0.329 e. The van der Waals surface area contributed by atoms with Gasteiger partial charge in [-0.05, 0) is 35.9 Å². The van der Waals surface area contributed by atoms with Crippen molar-refractivity contribution >= 4 is 41.2 Å². The quantitative estimate of drug-likeness (QED) is 0.282. The molecule has 0 aromatic heterocycles. The molecule has 0 radical (unpaired) electrons. The molecule has 0 atom stereocenters. The lowest BCUT2D eigenvalue weighted by molar-refractivity contribution is -0.139. The minimum Gasteiger partial charge on any atom is -0.493 e. The van der Waals surface area contributed by atoms with Crippen molar-refractivity contribution in [2.24, 2.45) is 5.10 Å². The zero-order valence-electron chi connectivity index (χ0n) is 17.7. The minimum absolute atomic E-state index is 0.184. The van der Waals surface area contributed by atoms with Crippen LogP contribution in [0.1, 0.15) is 16.7 Å². The highest BCUT2D eigenvalue weighted by Crippen LogP contribution is 2.31. The summed E-state index contributed by atoms with van der Waals surface area (Å²) in [7, 11) is 1.52. The van der Waals surface area contributed by atoms with E-state index in [-0.39, 0.29) is 13.2 Å². The van der Waals surface area contributed by atoms with E-state index in [9.17, 15) is 9.59 Å². The van der Waals surface area contributed by atoms with E-state index in [0.29, 0.717) is 27.1 Å². The Balaban J connectivity index is 1.61. The lowest BCUT2D eigenvalue weighted by atomic mass is 10.2. The maximum absolute atomic E-state index is 12.0. The van der Waals surface area contributed by atoms with Gasteiger partial charge in [0.25, 0.3) is 0 Å². The number of benzene rings is 3. The van der Waals surface area contributed by atoms with Gasteiger partial charge in [-0.25, -0.2) is 5.43 Å². The summed E-state index contributed by atoms with van der Waals surface area (Å²) in [4.78, 5) is 24.0. The Hall–Kier alpha value is -3.55. The number of ether oxygens (including phenoxy) is 2. The minimum atomic E-state index is -0.901. The summed E-state index contributed by atoms with van der Waals surface area (Å²) >= 11 is 12.0. The van der Waals surface area contributed by atoms with Crippen LogP contribution in [-0.4, -0.2) is 25.1 Å². The second-order valence-corrected chi connectivity index (χ2v) is 7.61. The number of hydrogen-bond acceptors (Lipinski definition) is 5. The van der Waals surface area contributed by atoms with E-state index in [4.69, 9.17) is 32.7 Å². The van der Waals surface area contributed by atoms with Crippen molar-refractivity contribution in [3.05, 3.63) is 93.5 Å². The number of nitrogens with one attached hydrogen (secondary N) is 2. The number of amides is 2. The van der Waals surface area contributed by atoms with Gasteiger partial charge < -0.3 is 14.8 Å². The first kappa shape index (κ1) is 24.1. The number of rotatable bonds is 8. The van der Waals surface area contributed by atoms with Crippen LogP contribution in [0, 0.1) is 0 Å². The zero-order valence-corrected chi connectivity index (χ0v) is 19.2. The highest BCUT2D eigenvalue weighted by atomic mass is 35.5. The van der Waals surface area contributed by atoms with Crippen molar-refractivity contribution in [3.8, 4) is 11.5 Å². The van der Waals surface area contributed by atoms with Crippen LogP contribution in [0.25, 0.3) is 0 Å². The summed E-state index contributed by atoms with van der Waals surface area (Å²) in [5.74, 6) is -0.812. The number of para-hydroxylation sites is 1. The summed E-state index contributed by atoms with van der Waals surface area (Å²) in [5.41, 5.74) is 4.36. The number of halogens is 2. The average molecular weight is 486 g/mol. The number of hydrazone groups is 1. The number of methoxy groups -OCH3 is 1. The zero-order chi connectivity index (χ0) is 23.6. The van der Waals surface area contributed by atoms with Crippen LogP contribution >= 0.6 is 23.2 Å². The smallest absolute Gasteiger partial charge is 0.329 e. The van der Waals surface area contributed by atoms with E-state index in [1.807, 2.05) is 18.2 Å². The van der Waals surface area contributed by atoms with Gasteiger partial charge in [0.15, 0.2) is 11.5 Å². The molecule has 170 valence electrons. The standard InChI is InChI=1S/C24H21Cl2N3O4/c1-32-21-8-4-6-17(22(21)33-15-18-5-2-3-7-20(18)26)14-28-29-24(31)23(30)27-13-16-9-11-19(25)12-10-16/h2-12,14H,13,15H2,1H3,(H,27,30)(H,29,31)/b28-14-. The van der Waals surface area contributed by atoms with Crippen molar-refractivity contribution in [1.82, 2.24) is 10.7 Å². The lowest BCUT2D eigenvalue weighted by Gasteiger charge is -2.13. The van der Waals surface area contributed by atoms with Gasteiger partial charge in [-0.3, -0.25) is 9.59 Å². The van der Waals surface area contributed by atoms with Crippen molar-refractivity contribution < 1.29 is 19.1 Å². The fourth-order valence-corrected chi connectivity index (χ4v) is 3.11. The van der Waals surface area contributed by atoms with Crippen molar-refractivity contribution in [1.29, 1.82) is 0 Å². The van der Waals surface area contributed by atoms with Gasteiger partial charge >= 0.3 is 11.8 Å². The predicted octanol–water partition coefficient (Wildman–Crippen LogP) is 4.35. The molecule has 0 aliphatic heterocycles. The first-order valence-corrected chi connectivity index (χ1v) is 10.6. The molecule has 7 nitrogen and oxygen atoms in total. The number of nitrogens with zero attached hydrogens (tertiary/aromatic N) is 1. The Labute approximate surface area is 201 Å². The normalized spacial score (nSPS) is 10.6. The molecule has 2 amide bonds. The molecule has 33 heavy (non-hydrogen) atoms. The third-order valence-electron chi connectivity index (χ3n) is 4.50. The monoisotopic (exact) mass is 485 g/mol. The second kappa shape index (κ2) is 11.9. The van der Waals surface area contributed by atoms with E-state index < -0.39 is 11.8 Å². The van der Waals surface area contributed by atoms with Crippen LogP contribution in [-0.2, 0) is 22.7 Å². The van der Waals surface area contributed by atoms with Gasteiger partial charge in [-0.2, -0.15) is 5.10 Å². The largest absolute Gasteiger partial charge is 0.493 e. The molecule has 9 heteroatoms. The van der Waals surface area contributed by atoms with Gasteiger partial charge in [-0.15, -0.1) is 0 Å². The second-order valence-electron chi connectivity index (χ2n) is 6.77. The molecule has 3 aromatic carbocycles. The summed E-state index contributed by atoms with van der Waals surface area (Å²) < 4.78 is 11.3. The third-order valence-corrected chi connectivity index (χ3v) is 5.12. The molecule has 0 spiro atoms. The van der Waals surface area contributed by atoms with Crippen LogP contribution in [0.4, 0.5) is 0 Å². The Morgan fingerprint density at radius 3 is 2.45 bits per heavy atom. The van der Waals surface area contributed by atoms with Gasteiger partial charge in [0.2, 0.25) is 0 Å². The Morgan fingerprint density at radius 2 is 1.73 bits per heavy atom. The molecule has 3 rings (SSSR count). The lowest BCUT2D eigenvalue weighted by Crippen LogP contribution is -2.37. The number of hydrogen-bond donors (Lipinski definition) is 2. The third kappa shape index (κ3) is 6.97. The van der Waals surface area contributed by atoms with Crippen LogP contribution in [0.3, 0.4) is 0 Å². The number of carbonyl (C=O) groups is 2. The first-order chi connectivity index (χ1) is 16.0. The molecule has 0 fully saturated rings. The topological polar surface area (TPSA) is 89.0 Å². The van der Waals surface area contributed by atoms with Gasteiger partial charge in [0, 0.05) is 27.7 Å². The molecule has 0 aliphatic rings. The molecule has 2 N–H and O–H groups in total. The molecular weight excluding hydrogens is 465 g/mol. The van der Waals surface area contributed by atoms with E-state index in [1.165, 1.54) is 13.3 Å². The maximum atomic E-state index is 12.0. The summed E-state index contributed by atoms with van der Waals surface area (Å²) in [5, 5.41) is 7.56. The summed E-state index contributed by atoms with van der Waals surface area (Å²) in [6, 6.07) is 19.5. The Kier molecular flexibility index (Phi) is 8.69. The van der Waals surface area contributed by atoms with Crippen LogP contribution < -0.4 is 20.2 Å². The average Bonchev–Trinajstić information content (AvgIpc) is 2.83. The fraction of sp³-hybridized carbons (Fsp3) is 0.125. The molecule has 3 aromatic rings. The number of carbonyl (C=O) groups excluding carboxylic acids is 2. The van der Waals surface area contributed by atoms with Gasteiger partial charge in [0.1, 0.15) is 6.61 Å². The van der Waals surface area contributed by atoms with E-state index in [1.54, 1.807) is 48.5 Å². The van der Waals surface area contributed by atoms with Gasteiger partial charge in [0.05, 0.1) is 13.3 Å². The van der Waals surface area contributed by atoms with Crippen LogP contribution in [0.2, 0.25) is 10.0 Å². The molecule has 0 unspecified atom stereocenters. The fourth-order valence-electron chi connectivity index (χ4n) is 2.79. The summed E-state index contributed by atoms with van der Waals surface area (Å²) in [6.07, 6.45) is 1.37.